The number of carbonyl (C=O) groups is 2. The number of benzene rings is 2. The van der Waals surface area contributed by atoms with Crippen molar-refractivity contribution in [2.24, 2.45) is 0 Å². The Bertz CT molecular complexity index is 1320. The minimum atomic E-state index is -0.799. The van der Waals surface area contributed by atoms with Gasteiger partial charge < -0.3 is 19.5 Å². The summed E-state index contributed by atoms with van der Waals surface area (Å²) in [6.07, 6.45) is 2.34. The molecule has 2 fully saturated rings. The first-order valence-corrected chi connectivity index (χ1v) is 13.5. The second kappa shape index (κ2) is 8.52. The molecule has 1 spiro atoms. The summed E-state index contributed by atoms with van der Waals surface area (Å²) in [5.74, 6) is 0.168. The molecule has 7 nitrogen and oxygen atoms in total. The summed E-state index contributed by atoms with van der Waals surface area (Å²) in [7, 11) is 3.89. The third-order valence-corrected chi connectivity index (χ3v) is 9.95. The summed E-state index contributed by atoms with van der Waals surface area (Å²) in [5.41, 5.74) is 1.39. The van der Waals surface area contributed by atoms with Crippen LogP contribution in [0.1, 0.15) is 42.9 Å². The number of aromatic hydroxyl groups is 1. The second-order valence-corrected chi connectivity index (χ2v) is 11.7. The van der Waals surface area contributed by atoms with Crippen molar-refractivity contribution < 1.29 is 24.2 Å². The van der Waals surface area contributed by atoms with Crippen LogP contribution in [0.4, 0.5) is 0 Å². The Morgan fingerprint density at radius 3 is 2.73 bits per heavy atom. The van der Waals surface area contributed by atoms with Gasteiger partial charge in [-0.25, -0.2) is 0 Å². The Morgan fingerprint density at radius 2 is 2.00 bits per heavy atom. The number of hydrogen-bond donors (Lipinski definition) is 1. The Labute approximate surface area is 226 Å². The lowest BCUT2D eigenvalue weighted by molar-refractivity contribution is -0.221. The van der Waals surface area contributed by atoms with Crippen LogP contribution in [0, 0.1) is 0 Å². The summed E-state index contributed by atoms with van der Waals surface area (Å²) in [5, 5.41) is 11.7. The summed E-state index contributed by atoms with van der Waals surface area (Å²) in [4.78, 5) is 30.2. The number of nitrogens with zero attached hydrogens (tertiary/aromatic N) is 2. The van der Waals surface area contributed by atoms with E-state index in [0.29, 0.717) is 41.5 Å². The maximum absolute atomic E-state index is 13.5. The number of carbonyl (C=O) groups excluding carboxylic acids is 2. The van der Waals surface area contributed by atoms with E-state index in [4.69, 9.17) is 32.7 Å². The third-order valence-electron chi connectivity index (χ3n) is 9.21. The Kier molecular flexibility index (Phi) is 5.72. The molecule has 2 unspecified atom stereocenters. The molecule has 5 atom stereocenters. The zero-order chi connectivity index (χ0) is 26.3. The highest BCUT2D eigenvalue weighted by molar-refractivity contribution is 6.42. The summed E-state index contributed by atoms with van der Waals surface area (Å²) < 4.78 is 13.0. The molecule has 2 aromatic rings. The predicted octanol–water partition coefficient (Wildman–Crippen LogP) is 4.12. The molecule has 1 saturated heterocycles. The van der Waals surface area contributed by atoms with Gasteiger partial charge in [0.1, 0.15) is 11.7 Å². The quantitative estimate of drug-likeness (QED) is 0.583. The normalized spacial score (nSPS) is 31.3. The molecule has 1 amide bonds. The Balaban J connectivity index is 1.43. The van der Waals surface area contributed by atoms with Gasteiger partial charge in [0.15, 0.2) is 11.5 Å². The first kappa shape index (κ1) is 24.8. The average molecular weight is 545 g/mol. The van der Waals surface area contributed by atoms with Crippen LogP contribution in [0.5, 0.6) is 11.5 Å². The van der Waals surface area contributed by atoms with Gasteiger partial charge in [-0.1, -0.05) is 35.3 Å². The van der Waals surface area contributed by atoms with E-state index in [1.165, 1.54) is 6.92 Å². The lowest BCUT2D eigenvalue weighted by Gasteiger charge is -2.65. The van der Waals surface area contributed by atoms with Crippen molar-refractivity contribution in [1.82, 2.24) is 9.80 Å². The topological polar surface area (TPSA) is 79.3 Å². The predicted molar refractivity (Wildman–Crippen MR) is 139 cm³/mol. The van der Waals surface area contributed by atoms with Gasteiger partial charge in [-0.3, -0.25) is 14.5 Å². The van der Waals surface area contributed by atoms with Gasteiger partial charge in [0, 0.05) is 19.5 Å². The van der Waals surface area contributed by atoms with Crippen LogP contribution in [0.25, 0.3) is 0 Å². The maximum Gasteiger partial charge on any atom is 0.303 e. The molecule has 2 aliphatic heterocycles. The molecule has 2 heterocycles. The van der Waals surface area contributed by atoms with Crippen LogP contribution in [-0.4, -0.2) is 71.2 Å². The summed E-state index contributed by atoms with van der Waals surface area (Å²) >= 11 is 12.2. The van der Waals surface area contributed by atoms with Gasteiger partial charge in [0.05, 0.1) is 34.0 Å². The number of hydrogen-bond acceptors (Lipinski definition) is 6. The van der Waals surface area contributed by atoms with E-state index in [9.17, 15) is 14.7 Å². The number of halogens is 2. The minimum Gasteiger partial charge on any atom is -0.504 e. The highest BCUT2D eigenvalue weighted by Crippen LogP contribution is 2.66. The number of piperidine rings is 1. The van der Waals surface area contributed by atoms with Gasteiger partial charge in [-0.15, -0.1) is 0 Å². The zero-order valence-electron chi connectivity index (χ0n) is 21.1. The molecular weight excluding hydrogens is 515 g/mol. The molecule has 2 aliphatic carbocycles. The van der Waals surface area contributed by atoms with Gasteiger partial charge in [0.2, 0.25) is 5.91 Å². The first-order chi connectivity index (χ1) is 17.6. The van der Waals surface area contributed by atoms with E-state index in [2.05, 4.69) is 11.9 Å². The van der Waals surface area contributed by atoms with Gasteiger partial charge in [0.25, 0.3) is 0 Å². The van der Waals surface area contributed by atoms with Gasteiger partial charge in [-0.2, -0.15) is 0 Å². The fourth-order valence-electron chi connectivity index (χ4n) is 7.69. The van der Waals surface area contributed by atoms with Crippen LogP contribution in [0.2, 0.25) is 10.0 Å². The van der Waals surface area contributed by atoms with E-state index >= 15 is 0 Å². The van der Waals surface area contributed by atoms with E-state index < -0.39 is 17.1 Å². The smallest absolute Gasteiger partial charge is 0.303 e. The first-order valence-electron chi connectivity index (χ1n) is 12.7. The second-order valence-electron chi connectivity index (χ2n) is 10.9. The highest BCUT2D eigenvalue weighted by Gasteiger charge is 2.75. The minimum absolute atomic E-state index is 0.0163. The standard InChI is InChI=1S/C28H30Cl2N2O5/c1-15(33)37-28-9-8-20(32(3)23(35)13-16-4-6-18(29)19(30)12-16)26-27(28)10-11-31(2)22(28)14-17-5-7-21(34)25(36-26)24(17)27/h4-7,12,20,22,26,34H,8-11,13-14H2,1-3H3/t20?,22-,26?,27+,28-/m1/s1. The van der Waals surface area contributed by atoms with Crippen molar-refractivity contribution in [3.8, 4) is 11.5 Å². The van der Waals surface area contributed by atoms with E-state index in [1.807, 2.05) is 13.1 Å². The average Bonchev–Trinajstić information content (AvgIpc) is 3.20. The number of esters is 1. The lowest BCUT2D eigenvalue weighted by Crippen LogP contribution is -2.78. The van der Waals surface area contributed by atoms with Crippen LogP contribution in [0.15, 0.2) is 30.3 Å². The molecule has 2 aromatic carbocycles. The van der Waals surface area contributed by atoms with E-state index in [1.54, 1.807) is 29.2 Å². The third kappa shape index (κ3) is 3.36. The van der Waals surface area contributed by atoms with Gasteiger partial charge >= 0.3 is 5.97 Å². The summed E-state index contributed by atoms with van der Waals surface area (Å²) in [6, 6.07) is 8.59. The summed E-state index contributed by atoms with van der Waals surface area (Å²) in [6.45, 7) is 2.26. The van der Waals surface area contributed by atoms with Crippen molar-refractivity contribution in [1.29, 1.82) is 0 Å². The number of ether oxygens (including phenoxy) is 2. The van der Waals surface area contributed by atoms with Crippen LogP contribution >= 0.6 is 23.2 Å². The monoisotopic (exact) mass is 544 g/mol. The van der Waals surface area contributed by atoms with E-state index in [-0.39, 0.29) is 36.1 Å². The SMILES string of the molecule is CC(=O)O[C@@]12CCC(N(C)C(=O)Cc3ccc(Cl)c(Cl)c3)C3Oc4c(O)ccc5c4[C@@]31CCN(C)[C@@H]2C5. The molecule has 2 bridgehead atoms. The Morgan fingerprint density at radius 1 is 1.22 bits per heavy atom. The number of likely N-dealkylation sites (N-methyl/N-ethyl adjacent to an activating group) is 2. The van der Waals surface area contributed by atoms with Crippen molar-refractivity contribution in [3.05, 3.63) is 57.1 Å². The molecule has 6 rings (SSSR count). The molecule has 0 aromatic heterocycles. The molecule has 0 radical (unpaired) electrons. The fraction of sp³-hybridized carbons (Fsp3) is 0.500. The molecule has 1 saturated carbocycles. The number of likely N-dealkylation sites (tertiary alicyclic amines) is 1. The molecule has 1 N–H and O–H groups in total. The van der Waals surface area contributed by atoms with Gasteiger partial charge in [-0.05, 0) is 68.6 Å². The zero-order valence-corrected chi connectivity index (χ0v) is 22.6. The number of phenols is 1. The van der Waals surface area contributed by atoms with Crippen LogP contribution < -0.4 is 4.74 Å². The number of phenolic OH excluding ortho intramolecular Hbond substituents is 1. The largest absolute Gasteiger partial charge is 0.504 e. The molecule has 37 heavy (non-hydrogen) atoms. The lowest BCUT2D eigenvalue weighted by atomic mass is 9.48. The van der Waals surface area contributed by atoms with Crippen molar-refractivity contribution in [2.75, 3.05) is 20.6 Å². The highest BCUT2D eigenvalue weighted by atomic mass is 35.5. The van der Waals surface area contributed by atoms with E-state index in [0.717, 1.165) is 23.2 Å². The molecule has 4 aliphatic rings. The van der Waals surface area contributed by atoms with Crippen LogP contribution in [0.3, 0.4) is 0 Å². The maximum atomic E-state index is 13.5. The number of rotatable bonds is 4. The fourth-order valence-corrected chi connectivity index (χ4v) is 8.01. The molecular formula is C28H30Cl2N2O5. The molecule has 9 heteroatoms. The Hall–Kier alpha value is -2.48. The van der Waals surface area contributed by atoms with Crippen molar-refractivity contribution >= 4 is 35.1 Å². The van der Waals surface area contributed by atoms with Crippen LogP contribution in [-0.2, 0) is 32.6 Å². The van der Waals surface area contributed by atoms with Crippen molar-refractivity contribution in [2.45, 2.75) is 68.2 Å². The molecule has 196 valence electrons. The van der Waals surface area contributed by atoms with Crippen molar-refractivity contribution in [3.63, 3.8) is 0 Å². The number of amides is 1.